The monoisotopic (exact) mass is 1010 g/mol. The summed E-state index contributed by atoms with van der Waals surface area (Å²) in [5.74, 6) is -0.504. The summed E-state index contributed by atoms with van der Waals surface area (Å²) in [6.45, 7) is 8.31. The van der Waals surface area contributed by atoms with E-state index in [1.165, 1.54) is 11.3 Å². The number of aryl methyl sites for hydroxylation is 1. The molecule has 380 valence electrons. The minimum absolute atomic E-state index is 0.0495. The van der Waals surface area contributed by atoms with Crippen molar-refractivity contribution < 1.29 is 33.8 Å². The number of ether oxygens (including phenoxy) is 1. The van der Waals surface area contributed by atoms with E-state index < -0.39 is 11.9 Å². The summed E-state index contributed by atoms with van der Waals surface area (Å²) < 4.78 is 9.18. The van der Waals surface area contributed by atoms with Gasteiger partial charge in [0, 0.05) is 74.9 Å². The van der Waals surface area contributed by atoms with Crippen molar-refractivity contribution in [2.75, 3.05) is 74.1 Å². The molecule has 0 saturated carbocycles. The number of carbonyl (C=O) groups is 5. The number of aromatic nitrogens is 4. The second kappa shape index (κ2) is 20.7. The van der Waals surface area contributed by atoms with Gasteiger partial charge in [0.1, 0.15) is 11.6 Å². The number of carbonyl (C=O) groups excluding carboxylic acids is 4. The minimum Gasteiger partial charge on any atom is -0.493 e. The number of likely N-dealkylation sites (tertiary alicyclic amines) is 1. The molecule has 0 spiro atoms. The van der Waals surface area contributed by atoms with E-state index in [0.717, 1.165) is 94.5 Å². The average Bonchev–Trinajstić information content (AvgIpc) is 3.98. The standard InChI is InChI=1S/C56H58N10O7S/c1-34-38(39-15-17-48(58-52(39)55(71)72)66-25-21-36-7-5-9-40(43(36)32-66)53(69)60-56-57-44-10-3-4-12-47(44)74-56)8-6-11-46(34)73-30-22-35-19-23-63(24-20-35)33-50(68)65-28-26-64(27-29-65)37-13-14-41-45(31-37)62(2)61-51(41)42-16-18-49(67)59-54(42)70/h3-15,17,31,35,42H,16,18-30,32-33H2,1-2H3,(H,71,72)(H,57,60,69)(H,59,67,70). The van der Waals surface area contributed by atoms with Crippen LogP contribution in [0.15, 0.2) is 91.0 Å². The zero-order chi connectivity index (χ0) is 51.0. The van der Waals surface area contributed by atoms with Crippen molar-refractivity contribution in [3.63, 3.8) is 0 Å². The van der Waals surface area contributed by atoms with Crippen LogP contribution in [0.4, 0.5) is 16.6 Å². The number of piperazine rings is 1. The molecule has 4 amide bonds. The summed E-state index contributed by atoms with van der Waals surface area (Å²) >= 11 is 1.43. The summed E-state index contributed by atoms with van der Waals surface area (Å²) in [6.07, 6.45) is 4.26. The number of aromatic carboxylic acids is 1. The quantitative estimate of drug-likeness (QED) is 0.0967. The van der Waals surface area contributed by atoms with Crippen molar-refractivity contribution in [2.45, 2.75) is 57.9 Å². The Morgan fingerprint density at radius 3 is 2.45 bits per heavy atom. The Balaban J connectivity index is 0.655. The normalized spacial score (nSPS) is 17.6. The molecule has 17 nitrogen and oxygen atoms in total. The van der Waals surface area contributed by atoms with Crippen molar-refractivity contribution >= 4 is 78.7 Å². The van der Waals surface area contributed by atoms with Crippen molar-refractivity contribution in [3.05, 3.63) is 125 Å². The van der Waals surface area contributed by atoms with Crippen LogP contribution in [0, 0.1) is 12.8 Å². The number of pyridine rings is 1. The average molecular weight is 1020 g/mol. The number of carboxylic acids is 1. The number of benzene rings is 4. The molecule has 3 saturated heterocycles. The molecule has 4 aromatic carbocycles. The van der Waals surface area contributed by atoms with E-state index in [4.69, 9.17) is 9.72 Å². The number of piperidine rings is 2. The van der Waals surface area contributed by atoms with Crippen LogP contribution < -0.4 is 25.2 Å². The second-order valence-electron chi connectivity index (χ2n) is 19.8. The molecule has 4 aliphatic rings. The van der Waals surface area contributed by atoms with Crippen LogP contribution in [0.3, 0.4) is 0 Å². The molecular weight excluding hydrogens is 957 g/mol. The Morgan fingerprint density at radius 2 is 1.65 bits per heavy atom. The van der Waals surface area contributed by atoms with Crippen molar-refractivity contribution in [1.82, 2.24) is 34.9 Å². The molecule has 7 aromatic rings. The zero-order valence-electron chi connectivity index (χ0n) is 41.5. The van der Waals surface area contributed by atoms with Crippen molar-refractivity contribution in [1.29, 1.82) is 0 Å². The zero-order valence-corrected chi connectivity index (χ0v) is 42.3. The molecular formula is C56H58N10O7S. The van der Waals surface area contributed by atoms with Gasteiger partial charge in [-0.15, -0.1) is 0 Å². The summed E-state index contributed by atoms with van der Waals surface area (Å²) in [5.41, 5.74) is 8.05. The first-order valence-electron chi connectivity index (χ1n) is 25.5. The topological polar surface area (TPSA) is 195 Å². The molecule has 1 unspecified atom stereocenters. The number of anilines is 3. The van der Waals surface area contributed by atoms with Gasteiger partial charge in [-0.25, -0.2) is 14.8 Å². The number of hydrogen-bond acceptors (Lipinski definition) is 13. The Morgan fingerprint density at radius 1 is 0.838 bits per heavy atom. The lowest BCUT2D eigenvalue weighted by molar-refractivity contribution is -0.135. The van der Waals surface area contributed by atoms with Gasteiger partial charge in [0.15, 0.2) is 10.8 Å². The highest BCUT2D eigenvalue weighted by Gasteiger charge is 2.33. The maximum Gasteiger partial charge on any atom is 0.355 e. The Kier molecular flexibility index (Phi) is 13.6. The number of hydrogen-bond donors (Lipinski definition) is 3. The van der Waals surface area contributed by atoms with Crippen molar-refractivity contribution in [3.8, 4) is 16.9 Å². The van der Waals surface area contributed by atoms with Gasteiger partial charge in [-0.2, -0.15) is 5.10 Å². The smallest absolute Gasteiger partial charge is 0.355 e. The third kappa shape index (κ3) is 9.90. The molecule has 18 heteroatoms. The third-order valence-corrected chi connectivity index (χ3v) is 16.2. The summed E-state index contributed by atoms with van der Waals surface area (Å²) in [5, 5.41) is 22.1. The summed E-state index contributed by atoms with van der Waals surface area (Å²) in [7, 11) is 1.87. The van der Waals surface area contributed by atoms with Gasteiger partial charge in [-0.05, 0) is 135 Å². The van der Waals surface area contributed by atoms with E-state index in [0.29, 0.717) is 98.0 Å². The fourth-order valence-electron chi connectivity index (χ4n) is 11.1. The molecule has 3 fully saturated rings. The van der Waals surface area contributed by atoms with Gasteiger partial charge in [-0.3, -0.25) is 39.4 Å². The van der Waals surface area contributed by atoms with E-state index in [1.54, 1.807) is 4.68 Å². The number of rotatable bonds is 13. The molecule has 3 aromatic heterocycles. The van der Waals surface area contributed by atoms with Crippen LogP contribution in [-0.4, -0.2) is 123 Å². The first kappa shape index (κ1) is 48.6. The first-order valence-corrected chi connectivity index (χ1v) is 26.3. The second-order valence-corrected chi connectivity index (χ2v) is 20.8. The lowest BCUT2D eigenvalue weighted by atomic mass is 9.93. The SMILES string of the molecule is Cc1c(OCCC2CCN(CC(=O)N3CCN(c4ccc5c(C6CCC(=O)NC6=O)nn(C)c5c4)CC3)CC2)cccc1-c1ccc(N2CCc3cccc(C(=O)Nc4nc5ccccc5s4)c3C2)nc1C(=O)O. The largest absolute Gasteiger partial charge is 0.493 e. The number of imide groups is 1. The molecule has 11 rings (SSSR count). The van der Waals surface area contributed by atoms with Gasteiger partial charge in [0.25, 0.3) is 5.91 Å². The number of nitrogens with zero attached hydrogens (tertiary/aromatic N) is 8. The highest BCUT2D eigenvalue weighted by molar-refractivity contribution is 7.22. The Labute approximate surface area is 432 Å². The van der Waals surface area contributed by atoms with Gasteiger partial charge in [0.2, 0.25) is 17.7 Å². The Hall–Kier alpha value is -7.70. The van der Waals surface area contributed by atoms with Crippen LogP contribution in [0.5, 0.6) is 5.75 Å². The maximum atomic E-state index is 13.7. The third-order valence-electron chi connectivity index (χ3n) is 15.3. The lowest BCUT2D eigenvalue weighted by Crippen LogP contribution is -2.52. The predicted octanol–water partition coefficient (Wildman–Crippen LogP) is 7.42. The van der Waals surface area contributed by atoms with Crippen LogP contribution >= 0.6 is 11.3 Å². The molecule has 0 aliphatic carbocycles. The van der Waals surface area contributed by atoms with E-state index in [9.17, 15) is 29.1 Å². The number of fused-ring (bicyclic) bond motifs is 3. The molecule has 4 aliphatic heterocycles. The maximum absolute atomic E-state index is 13.7. The number of nitrogens with one attached hydrogen (secondary N) is 2. The Bertz CT molecular complexity index is 3300. The highest BCUT2D eigenvalue weighted by atomic mass is 32.1. The van der Waals surface area contributed by atoms with Gasteiger partial charge < -0.3 is 24.5 Å². The molecule has 1 atom stereocenters. The number of carboxylic acid groups (broad SMARTS) is 1. The number of amides is 4. The van der Waals surface area contributed by atoms with Gasteiger partial charge in [0.05, 0.1) is 40.5 Å². The van der Waals surface area contributed by atoms with Gasteiger partial charge in [-0.1, -0.05) is 47.7 Å². The summed E-state index contributed by atoms with van der Waals surface area (Å²) in [6, 6.07) is 29.1. The molecule has 7 heterocycles. The van der Waals surface area contributed by atoms with Crippen LogP contribution in [0.2, 0.25) is 0 Å². The predicted molar refractivity (Wildman–Crippen MR) is 284 cm³/mol. The summed E-state index contributed by atoms with van der Waals surface area (Å²) in [4.78, 5) is 82.2. The number of thiazole rings is 1. The molecule has 0 bridgehead atoms. The highest BCUT2D eigenvalue weighted by Crippen LogP contribution is 2.36. The van der Waals surface area contributed by atoms with E-state index in [-0.39, 0.29) is 29.3 Å². The van der Waals surface area contributed by atoms with E-state index in [2.05, 4.69) is 42.6 Å². The molecule has 0 radical (unpaired) electrons. The van der Waals surface area contributed by atoms with Crippen molar-refractivity contribution in [2.24, 2.45) is 13.0 Å². The minimum atomic E-state index is -1.13. The van der Waals surface area contributed by atoms with Crippen LogP contribution in [-0.2, 0) is 34.4 Å². The first-order chi connectivity index (χ1) is 35.9. The van der Waals surface area contributed by atoms with E-state index in [1.807, 2.05) is 103 Å². The van der Waals surface area contributed by atoms with E-state index >= 15 is 0 Å². The molecule has 3 N–H and O–H groups in total. The molecule has 74 heavy (non-hydrogen) atoms. The van der Waals surface area contributed by atoms with Gasteiger partial charge >= 0.3 is 5.97 Å². The number of para-hydroxylation sites is 1. The fourth-order valence-corrected chi connectivity index (χ4v) is 12.0. The van der Waals surface area contributed by atoms with Crippen LogP contribution in [0.25, 0.3) is 32.2 Å². The lowest BCUT2D eigenvalue weighted by Gasteiger charge is -2.38. The fraction of sp³-hybridized carbons (Fsp3) is 0.357. The van der Waals surface area contributed by atoms with Crippen LogP contribution in [0.1, 0.15) is 81.3 Å².